The molecule has 1 amide bonds. The Morgan fingerprint density at radius 2 is 1.87 bits per heavy atom. The van der Waals surface area contributed by atoms with E-state index in [1.165, 1.54) is 6.92 Å². The van der Waals surface area contributed by atoms with E-state index in [4.69, 9.17) is 0 Å². The van der Waals surface area contributed by atoms with Gasteiger partial charge in [0.2, 0.25) is 0 Å². The first-order chi connectivity index (χ1) is 14.6. The van der Waals surface area contributed by atoms with E-state index in [0.717, 1.165) is 16.7 Å². The number of carbonyl (C=O) groups excluding carboxylic acids is 2. The number of aliphatic hydroxyl groups excluding tert-OH is 2. The fourth-order valence-corrected chi connectivity index (χ4v) is 5.05. The fourth-order valence-electron chi connectivity index (χ4n) is 5.05. The molecule has 0 radical (unpaired) electrons. The minimum absolute atomic E-state index is 0.281. The van der Waals surface area contributed by atoms with Crippen molar-refractivity contribution in [1.29, 1.82) is 0 Å². The lowest BCUT2D eigenvalue weighted by Gasteiger charge is -2.43. The van der Waals surface area contributed by atoms with Crippen LogP contribution in [0.3, 0.4) is 0 Å². The zero-order valence-corrected chi connectivity index (χ0v) is 18.6. The zero-order chi connectivity index (χ0) is 22.9. The number of hydrogen-bond donors (Lipinski definition) is 4. The Balaban J connectivity index is 1.89. The monoisotopic (exact) mass is 427 g/mol. The molecule has 7 unspecified atom stereocenters. The van der Waals surface area contributed by atoms with E-state index >= 15 is 0 Å². The van der Waals surface area contributed by atoms with Crippen LogP contribution in [0.25, 0.3) is 0 Å². The maximum Gasteiger partial charge on any atom is 0.253 e. The number of amides is 1. The molecule has 6 heteroatoms. The molecule has 168 valence electrons. The van der Waals surface area contributed by atoms with Gasteiger partial charge in [-0.15, -0.1) is 0 Å². The molecule has 0 saturated carbocycles. The molecular weight excluding hydrogens is 394 g/mol. The van der Waals surface area contributed by atoms with Crippen LogP contribution in [0.2, 0.25) is 0 Å². The summed E-state index contributed by atoms with van der Waals surface area (Å²) in [5.41, 5.74) is 0.893. The SMILES string of the molecule is CC(=O)C(O)C(C)CC=CC1C(O)C(C)=C(C)C2C(Cc3ccccc3)NC(=O)C12O. The highest BCUT2D eigenvalue weighted by Crippen LogP contribution is 2.48. The molecular formula is C25H33NO5. The Labute approximate surface area is 183 Å². The summed E-state index contributed by atoms with van der Waals surface area (Å²) in [5, 5.41) is 35.5. The van der Waals surface area contributed by atoms with Crippen molar-refractivity contribution in [3.63, 3.8) is 0 Å². The summed E-state index contributed by atoms with van der Waals surface area (Å²) in [5.74, 6) is -2.36. The topological polar surface area (TPSA) is 107 Å². The summed E-state index contributed by atoms with van der Waals surface area (Å²) in [6, 6.07) is 9.53. The minimum atomic E-state index is -1.76. The number of aliphatic hydroxyl groups is 3. The number of fused-ring (bicyclic) bond motifs is 1. The average molecular weight is 428 g/mol. The van der Waals surface area contributed by atoms with Crippen LogP contribution in [-0.2, 0) is 16.0 Å². The first-order valence-corrected chi connectivity index (χ1v) is 10.9. The second-order valence-corrected chi connectivity index (χ2v) is 9.11. The molecule has 0 spiro atoms. The lowest BCUT2D eigenvalue weighted by molar-refractivity contribution is -0.147. The van der Waals surface area contributed by atoms with Gasteiger partial charge < -0.3 is 20.6 Å². The van der Waals surface area contributed by atoms with E-state index in [-0.39, 0.29) is 17.7 Å². The Morgan fingerprint density at radius 3 is 2.48 bits per heavy atom. The van der Waals surface area contributed by atoms with Gasteiger partial charge in [-0.2, -0.15) is 0 Å². The van der Waals surface area contributed by atoms with Crippen molar-refractivity contribution >= 4 is 11.7 Å². The van der Waals surface area contributed by atoms with E-state index < -0.39 is 35.6 Å². The van der Waals surface area contributed by atoms with Gasteiger partial charge in [-0.05, 0) is 50.7 Å². The van der Waals surface area contributed by atoms with Crippen LogP contribution in [-0.4, -0.2) is 50.9 Å². The fraction of sp³-hybridized carbons (Fsp3) is 0.520. The third-order valence-corrected chi connectivity index (χ3v) is 7.04. The molecule has 0 aromatic heterocycles. The smallest absolute Gasteiger partial charge is 0.253 e. The molecule has 4 N–H and O–H groups in total. The second kappa shape index (κ2) is 9.07. The number of allylic oxidation sites excluding steroid dienone is 1. The third-order valence-electron chi connectivity index (χ3n) is 7.04. The Kier molecular flexibility index (Phi) is 6.84. The van der Waals surface area contributed by atoms with Crippen molar-refractivity contribution in [2.45, 2.75) is 64.4 Å². The number of rotatable bonds is 7. The first-order valence-electron chi connectivity index (χ1n) is 10.9. The third kappa shape index (κ3) is 4.25. The van der Waals surface area contributed by atoms with Crippen LogP contribution in [0.15, 0.2) is 53.6 Å². The molecule has 6 nitrogen and oxygen atoms in total. The van der Waals surface area contributed by atoms with Crippen LogP contribution in [0.1, 0.15) is 39.7 Å². The Morgan fingerprint density at radius 1 is 1.23 bits per heavy atom. The number of ketones is 1. The van der Waals surface area contributed by atoms with Crippen molar-refractivity contribution in [3.8, 4) is 0 Å². The highest BCUT2D eigenvalue weighted by molar-refractivity contribution is 5.90. The minimum Gasteiger partial charge on any atom is -0.388 e. The predicted molar refractivity (Wildman–Crippen MR) is 118 cm³/mol. The molecule has 1 aromatic carbocycles. The molecule has 0 bridgehead atoms. The average Bonchev–Trinajstić information content (AvgIpc) is 2.99. The van der Waals surface area contributed by atoms with Crippen LogP contribution in [0.5, 0.6) is 0 Å². The number of nitrogens with one attached hydrogen (secondary N) is 1. The molecule has 3 rings (SSSR count). The largest absolute Gasteiger partial charge is 0.388 e. The molecule has 1 aliphatic heterocycles. The molecule has 2 aliphatic rings. The Bertz CT molecular complexity index is 892. The van der Waals surface area contributed by atoms with Gasteiger partial charge in [-0.3, -0.25) is 9.59 Å². The normalized spacial score (nSPS) is 32.7. The highest BCUT2D eigenvalue weighted by Gasteiger charge is 2.62. The second-order valence-electron chi connectivity index (χ2n) is 9.11. The maximum atomic E-state index is 13.0. The Hall–Kier alpha value is -2.28. The highest BCUT2D eigenvalue weighted by atomic mass is 16.3. The number of carbonyl (C=O) groups is 2. The molecule has 1 fully saturated rings. The quantitative estimate of drug-likeness (QED) is 0.498. The van der Waals surface area contributed by atoms with Crippen LogP contribution in [0, 0.1) is 17.8 Å². The maximum absolute atomic E-state index is 13.0. The van der Waals surface area contributed by atoms with Gasteiger partial charge >= 0.3 is 0 Å². The van der Waals surface area contributed by atoms with Gasteiger partial charge in [0.05, 0.1) is 6.10 Å². The zero-order valence-electron chi connectivity index (χ0n) is 18.6. The standard InChI is InChI=1S/C25H33NO5/c1-14(22(28)17(4)27)9-8-12-19-23(29)16(3)15(2)21-20(26-24(30)25(19,21)31)13-18-10-6-5-7-11-18/h5-8,10-12,14,19-23,28-29,31H,9,13H2,1-4H3,(H,26,30). The van der Waals surface area contributed by atoms with E-state index in [2.05, 4.69) is 5.32 Å². The predicted octanol–water partition coefficient (Wildman–Crippen LogP) is 1.93. The van der Waals surface area contributed by atoms with Crippen LogP contribution >= 0.6 is 0 Å². The van der Waals surface area contributed by atoms with Crippen LogP contribution < -0.4 is 5.32 Å². The van der Waals surface area contributed by atoms with Crippen molar-refractivity contribution in [1.82, 2.24) is 5.32 Å². The van der Waals surface area contributed by atoms with Gasteiger partial charge in [0.1, 0.15) is 6.10 Å². The summed E-state index contributed by atoms with van der Waals surface area (Å²) >= 11 is 0. The number of hydrogen-bond acceptors (Lipinski definition) is 5. The van der Waals surface area contributed by atoms with Crippen molar-refractivity contribution in [3.05, 3.63) is 59.2 Å². The molecule has 7 atom stereocenters. The van der Waals surface area contributed by atoms with E-state index in [1.54, 1.807) is 19.1 Å². The summed E-state index contributed by atoms with van der Waals surface area (Å²) in [6.45, 7) is 6.82. The summed E-state index contributed by atoms with van der Waals surface area (Å²) in [6.07, 6.45) is 2.32. The first kappa shape index (κ1) is 23.4. The molecule has 1 aromatic rings. The lowest BCUT2D eigenvalue weighted by Crippen LogP contribution is -2.56. The molecule has 1 saturated heterocycles. The summed E-state index contributed by atoms with van der Waals surface area (Å²) in [7, 11) is 0. The number of benzene rings is 1. The van der Waals surface area contributed by atoms with Crippen molar-refractivity contribution < 1.29 is 24.9 Å². The molecule has 1 aliphatic carbocycles. The van der Waals surface area contributed by atoms with Crippen molar-refractivity contribution in [2.24, 2.45) is 17.8 Å². The van der Waals surface area contributed by atoms with Gasteiger partial charge in [-0.25, -0.2) is 0 Å². The van der Waals surface area contributed by atoms with E-state index in [1.807, 2.05) is 44.2 Å². The van der Waals surface area contributed by atoms with Crippen LogP contribution in [0.4, 0.5) is 0 Å². The van der Waals surface area contributed by atoms with Gasteiger partial charge in [0.15, 0.2) is 11.4 Å². The van der Waals surface area contributed by atoms with Gasteiger partial charge in [0, 0.05) is 17.9 Å². The van der Waals surface area contributed by atoms with Crippen molar-refractivity contribution in [2.75, 3.05) is 0 Å². The summed E-state index contributed by atoms with van der Waals surface area (Å²) < 4.78 is 0. The van der Waals surface area contributed by atoms with Gasteiger partial charge in [0.25, 0.3) is 5.91 Å². The molecule has 31 heavy (non-hydrogen) atoms. The van der Waals surface area contributed by atoms with E-state index in [0.29, 0.717) is 12.8 Å². The lowest BCUT2D eigenvalue weighted by atomic mass is 9.63. The van der Waals surface area contributed by atoms with E-state index in [9.17, 15) is 24.9 Å². The summed E-state index contributed by atoms with van der Waals surface area (Å²) in [4.78, 5) is 24.4. The molecule has 1 heterocycles. The number of Topliss-reactive ketones (excluding diaryl/α,β-unsaturated/α-hetero) is 1. The van der Waals surface area contributed by atoms with Gasteiger partial charge in [-0.1, -0.05) is 55.0 Å².